The number of nitrogens with one attached hydrogen (secondary N) is 4. The van der Waals surface area contributed by atoms with Crippen molar-refractivity contribution in [2.45, 2.75) is 44.6 Å². The number of anilines is 2. The van der Waals surface area contributed by atoms with E-state index in [1.54, 1.807) is 11.0 Å². The van der Waals surface area contributed by atoms with Gasteiger partial charge in [0.05, 0.1) is 29.8 Å². The predicted octanol–water partition coefficient (Wildman–Crippen LogP) is 3.55. The first kappa shape index (κ1) is 31.9. The van der Waals surface area contributed by atoms with Crippen molar-refractivity contribution in [2.24, 2.45) is 0 Å². The van der Waals surface area contributed by atoms with Gasteiger partial charge in [-0.2, -0.15) is 13.2 Å². The summed E-state index contributed by atoms with van der Waals surface area (Å²) in [4.78, 5) is 51.4. The summed E-state index contributed by atoms with van der Waals surface area (Å²) in [5.41, 5.74) is -0.157. The maximum atomic E-state index is 15.0. The molecule has 0 aliphatic carbocycles. The van der Waals surface area contributed by atoms with E-state index in [4.69, 9.17) is 11.6 Å². The quantitative estimate of drug-likeness (QED) is 0.248. The lowest BCUT2D eigenvalue weighted by molar-refractivity contribution is -0.138. The average molecular weight is 631 g/mol. The maximum absolute atomic E-state index is 15.0. The zero-order valence-corrected chi connectivity index (χ0v) is 23.5. The zero-order valence-electron chi connectivity index (χ0n) is 22.8. The largest absolute Gasteiger partial charge is 0.390 e. The van der Waals surface area contributed by atoms with Crippen LogP contribution in [0.4, 0.5) is 38.1 Å². The summed E-state index contributed by atoms with van der Waals surface area (Å²) in [6, 6.07) is 4.66. The summed E-state index contributed by atoms with van der Waals surface area (Å²) in [5.74, 6) is -5.16. The highest BCUT2D eigenvalue weighted by Gasteiger charge is 2.32. The topological polar surface area (TPSA) is 123 Å². The number of benzene rings is 2. The van der Waals surface area contributed by atoms with E-state index >= 15 is 0 Å². The third kappa shape index (κ3) is 8.10. The van der Waals surface area contributed by atoms with E-state index in [0.717, 1.165) is 12.1 Å². The molecular formula is C27H28ClF5N6O4. The van der Waals surface area contributed by atoms with Gasteiger partial charge in [-0.15, -0.1) is 0 Å². The summed E-state index contributed by atoms with van der Waals surface area (Å²) >= 11 is 6.19. The van der Waals surface area contributed by atoms with Crippen LogP contribution >= 0.6 is 11.6 Å². The van der Waals surface area contributed by atoms with Crippen LogP contribution in [0.25, 0.3) is 0 Å². The predicted molar refractivity (Wildman–Crippen MR) is 147 cm³/mol. The Morgan fingerprint density at radius 3 is 2.49 bits per heavy atom. The zero-order chi connectivity index (χ0) is 31.5. The average Bonchev–Trinajstić information content (AvgIpc) is 3.24. The number of imide groups is 1. The number of alkyl halides is 3. The van der Waals surface area contributed by atoms with Crippen molar-refractivity contribution in [1.29, 1.82) is 0 Å². The van der Waals surface area contributed by atoms with Crippen molar-refractivity contribution >= 4 is 46.7 Å². The number of nitrogens with zero attached hydrogens (tertiary/aromatic N) is 2. The molecule has 16 heteroatoms. The van der Waals surface area contributed by atoms with Crippen molar-refractivity contribution in [3.63, 3.8) is 0 Å². The molecule has 2 aliphatic heterocycles. The Morgan fingerprint density at radius 1 is 1.09 bits per heavy atom. The van der Waals surface area contributed by atoms with Gasteiger partial charge in [0.1, 0.15) is 6.04 Å². The van der Waals surface area contributed by atoms with Gasteiger partial charge < -0.3 is 20.9 Å². The molecule has 10 nitrogen and oxygen atoms in total. The van der Waals surface area contributed by atoms with Crippen molar-refractivity contribution in [1.82, 2.24) is 20.9 Å². The van der Waals surface area contributed by atoms with E-state index < -0.39 is 72.6 Å². The monoisotopic (exact) mass is 630 g/mol. The molecule has 2 aromatic carbocycles. The number of carbonyl (C=O) groups excluding carboxylic acids is 4. The minimum Gasteiger partial charge on any atom is -0.365 e. The molecule has 43 heavy (non-hydrogen) atoms. The highest BCUT2D eigenvalue weighted by atomic mass is 35.5. The smallest absolute Gasteiger partial charge is 0.365 e. The second-order valence-corrected chi connectivity index (χ2v) is 10.7. The Balaban J connectivity index is 1.41. The molecule has 0 bridgehead atoms. The molecule has 0 spiro atoms. The molecule has 0 radical (unpaired) electrons. The standard InChI is InChI=1S/C27H28ClF5N6O4/c1-14-13-38(7-6-27(31,32)33)8-9-39(14)20-10-16(28)3-5-18(20)35-24(41)17-4-2-15(22(29)23(17)30)12-34-21(40)11-19-25(42)37-26(43)36-19/h2-5,10,14,19H,6-9,11-13H2,1H3,(H,34,40)(H,35,41)(H2,36,37,42,43)/t14-,19+/m1/s1. The fourth-order valence-electron chi connectivity index (χ4n) is 4.87. The summed E-state index contributed by atoms with van der Waals surface area (Å²) in [7, 11) is 0. The van der Waals surface area contributed by atoms with Crippen molar-refractivity contribution < 1.29 is 41.1 Å². The molecule has 5 amide bonds. The summed E-state index contributed by atoms with van der Waals surface area (Å²) < 4.78 is 67.8. The molecule has 0 unspecified atom stereocenters. The second kappa shape index (κ2) is 13.1. The molecule has 2 saturated heterocycles. The highest BCUT2D eigenvalue weighted by Crippen LogP contribution is 2.33. The third-order valence-electron chi connectivity index (χ3n) is 7.07. The molecule has 2 atom stereocenters. The minimum absolute atomic E-state index is 0.138. The minimum atomic E-state index is -4.26. The lowest BCUT2D eigenvalue weighted by Crippen LogP contribution is -2.52. The first-order valence-corrected chi connectivity index (χ1v) is 13.6. The number of piperazine rings is 1. The molecule has 4 N–H and O–H groups in total. The summed E-state index contributed by atoms with van der Waals surface area (Å²) in [5, 5.41) is 9.45. The fraction of sp³-hybridized carbons (Fsp3) is 0.407. The summed E-state index contributed by atoms with van der Waals surface area (Å²) in [6.07, 6.45) is -5.60. The van der Waals surface area contributed by atoms with E-state index in [2.05, 4.69) is 16.0 Å². The van der Waals surface area contributed by atoms with Gasteiger partial charge in [-0.1, -0.05) is 17.7 Å². The third-order valence-corrected chi connectivity index (χ3v) is 7.31. The van der Waals surface area contributed by atoms with Gasteiger partial charge in [0, 0.05) is 49.4 Å². The van der Waals surface area contributed by atoms with Crippen LogP contribution < -0.4 is 26.2 Å². The fourth-order valence-corrected chi connectivity index (χ4v) is 5.04. The molecule has 232 valence electrons. The van der Waals surface area contributed by atoms with Gasteiger partial charge in [-0.3, -0.25) is 24.6 Å². The molecule has 0 aromatic heterocycles. The second-order valence-electron chi connectivity index (χ2n) is 10.2. The van der Waals surface area contributed by atoms with Gasteiger partial charge in [0.25, 0.3) is 11.8 Å². The Labute approximate surface area is 247 Å². The van der Waals surface area contributed by atoms with E-state index in [1.807, 2.05) is 17.1 Å². The molecule has 2 aliphatic rings. The first-order chi connectivity index (χ1) is 20.2. The van der Waals surface area contributed by atoms with Crippen LogP contribution in [0.5, 0.6) is 0 Å². The number of urea groups is 1. The van der Waals surface area contributed by atoms with Crippen molar-refractivity contribution in [3.8, 4) is 0 Å². The molecule has 4 rings (SSSR count). The molecule has 0 saturated carbocycles. The molecule has 2 fully saturated rings. The Morgan fingerprint density at radius 2 is 1.84 bits per heavy atom. The first-order valence-electron chi connectivity index (χ1n) is 13.2. The van der Waals surface area contributed by atoms with Gasteiger partial charge in [0.2, 0.25) is 5.91 Å². The van der Waals surface area contributed by atoms with Gasteiger partial charge in [-0.05, 0) is 31.2 Å². The van der Waals surface area contributed by atoms with Crippen LogP contribution in [0.3, 0.4) is 0 Å². The maximum Gasteiger partial charge on any atom is 0.390 e. The molecule has 2 heterocycles. The molecular weight excluding hydrogens is 603 g/mol. The number of hydrogen-bond donors (Lipinski definition) is 4. The highest BCUT2D eigenvalue weighted by molar-refractivity contribution is 6.31. The SMILES string of the molecule is C[C@@H]1CN(CCC(F)(F)F)CCN1c1cc(Cl)ccc1NC(=O)c1ccc(CNC(=O)C[C@@H]2NC(=O)NC2=O)c(F)c1F. The normalized spacial score (nSPS) is 19.2. The lowest BCUT2D eigenvalue weighted by Gasteiger charge is -2.42. The Bertz CT molecular complexity index is 1420. The molecule has 2 aromatic rings. The van der Waals surface area contributed by atoms with Crippen LogP contribution in [-0.4, -0.2) is 73.1 Å². The van der Waals surface area contributed by atoms with Gasteiger partial charge in [0.15, 0.2) is 11.6 Å². The van der Waals surface area contributed by atoms with E-state index in [9.17, 15) is 41.1 Å². The van der Waals surface area contributed by atoms with E-state index in [-0.39, 0.29) is 23.8 Å². The Kier molecular flexibility index (Phi) is 9.75. The van der Waals surface area contributed by atoms with Crippen molar-refractivity contribution in [2.75, 3.05) is 36.4 Å². The van der Waals surface area contributed by atoms with Gasteiger partial charge in [-0.25, -0.2) is 13.6 Å². The number of amides is 5. The van der Waals surface area contributed by atoms with Crippen molar-refractivity contribution in [3.05, 3.63) is 58.1 Å². The number of carbonyl (C=O) groups is 4. The van der Waals surface area contributed by atoms with Gasteiger partial charge >= 0.3 is 12.2 Å². The van der Waals surface area contributed by atoms with Crippen LogP contribution in [0.1, 0.15) is 35.7 Å². The number of hydrogen-bond acceptors (Lipinski definition) is 6. The van der Waals surface area contributed by atoms with Crippen LogP contribution in [-0.2, 0) is 16.1 Å². The lowest BCUT2D eigenvalue weighted by atomic mass is 10.1. The van der Waals surface area contributed by atoms with Crippen LogP contribution in [0, 0.1) is 11.6 Å². The van der Waals surface area contributed by atoms with E-state index in [0.29, 0.717) is 30.3 Å². The van der Waals surface area contributed by atoms with Crippen LogP contribution in [0.2, 0.25) is 5.02 Å². The van der Waals surface area contributed by atoms with Crippen LogP contribution in [0.15, 0.2) is 30.3 Å². The van der Waals surface area contributed by atoms with E-state index in [1.165, 1.54) is 12.1 Å². The number of halogens is 6. The number of rotatable bonds is 9. The Hall–Kier alpha value is -3.98. The summed E-state index contributed by atoms with van der Waals surface area (Å²) in [6.45, 7) is 2.24.